The van der Waals surface area contributed by atoms with E-state index in [1.807, 2.05) is 0 Å². The third-order valence-electron chi connectivity index (χ3n) is 6.63. The van der Waals surface area contributed by atoms with Crippen LogP contribution in [0.15, 0.2) is 108 Å². The molecule has 0 radical (unpaired) electrons. The first-order chi connectivity index (χ1) is 18.3. The van der Waals surface area contributed by atoms with Crippen molar-refractivity contribution in [3.05, 3.63) is 119 Å². The van der Waals surface area contributed by atoms with Gasteiger partial charge >= 0.3 is 0 Å². The summed E-state index contributed by atoms with van der Waals surface area (Å²) in [6, 6.07) is 16.8. The molecule has 2 nitrogen and oxygen atoms in total. The molecule has 0 amide bonds. The average molecular weight is 493 g/mol. The number of rotatable bonds is 16. The molecule has 0 N–H and O–H groups in total. The molecular weight excluding hydrogens is 452 g/mol. The maximum Gasteiger partial charge on any atom is 0.119 e. The van der Waals surface area contributed by atoms with Gasteiger partial charge in [0.15, 0.2) is 0 Å². The lowest BCUT2D eigenvalue weighted by Crippen LogP contribution is -1.97. The summed E-state index contributed by atoms with van der Waals surface area (Å²) in [7, 11) is 0. The van der Waals surface area contributed by atoms with Gasteiger partial charge in [0.1, 0.15) is 11.5 Å². The van der Waals surface area contributed by atoms with Crippen LogP contribution in [0.5, 0.6) is 11.5 Å². The molecule has 0 saturated carbocycles. The third kappa shape index (κ3) is 10.2. The minimum Gasteiger partial charge on any atom is -0.494 e. The van der Waals surface area contributed by atoms with Gasteiger partial charge in [-0.3, -0.25) is 0 Å². The minimum atomic E-state index is 0.807. The highest BCUT2D eigenvalue weighted by molar-refractivity contribution is 5.63. The van der Waals surface area contributed by atoms with Crippen molar-refractivity contribution in [3.8, 4) is 11.5 Å². The van der Waals surface area contributed by atoms with Gasteiger partial charge < -0.3 is 9.47 Å². The molecule has 2 heteroatoms. The standard InChI is InChI=1S/C35H40O2/c1(2-4-6-12-26-36-34-22-18-32(19-23-34)28-30-14-8-9-15-30)3-5-7-13-27-37-35-24-20-33(21-25-35)29-31-16-10-11-17-31/h8-11,14-25,28-29H,1-7,12-13,26-27H2. The van der Waals surface area contributed by atoms with E-state index in [4.69, 9.17) is 9.47 Å². The minimum absolute atomic E-state index is 0.807. The summed E-state index contributed by atoms with van der Waals surface area (Å²) in [6.07, 6.45) is 32.5. The molecule has 2 aromatic carbocycles. The monoisotopic (exact) mass is 492 g/mol. The molecule has 4 rings (SSSR count). The number of ether oxygens (including phenoxy) is 2. The Morgan fingerprint density at radius 3 is 1.08 bits per heavy atom. The van der Waals surface area contributed by atoms with E-state index >= 15 is 0 Å². The highest BCUT2D eigenvalue weighted by atomic mass is 16.5. The Hall–Kier alpha value is -3.52. The van der Waals surface area contributed by atoms with Crippen LogP contribution in [0, 0.1) is 0 Å². The lowest BCUT2D eigenvalue weighted by molar-refractivity contribution is 0.302. The first-order valence-electron chi connectivity index (χ1n) is 13.9. The SMILES string of the molecule is C1=CC(=Cc2ccc(OCCCCCCCCCCCOc3ccc(C=C4C=CC=C4)cc3)cc2)C=C1. The van der Waals surface area contributed by atoms with Crippen molar-refractivity contribution in [1.29, 1.82) is 0 Å². The Labute approximate surface area is 223 Å². The van der Waals surface area contributed by atoms with Gasteiger partial charge in [0, 0.05) is 0 Å². The van der Waals surface area contributed by atoms with E-state index in [-0.39, 0.29) is 0 Å². The molecule has 2 aliphatic rings. The molecule has 0 spiro atoms. The van der Waals surface area contributed by atoms with Crippen molar-refractivity contribution in [2.45, 2.75) is 57.8 Å². The van der Waals surface area contributed by atoms with Gasteiger partial charge in [-0.05, 0) is 71.5 Å². The maximum atomic E-state index is 5.91. The van der Waals surface area contributed by atoms with Crippen LogP contribution in [0.1, 0.15) is 68.9 Å². The smallest absolute Gasteiger partial charge is 0.119 e. The van der Waals surface area contributed by atoms with E-state index in [1.54, 1.807) is 0 Å². The fourth-order valence-corrected chi connectivity index (χ4v) is 4.50. The molecule has 0 unspecified atom stereocenters. The van der Waals surface area contributed by atoms with Gasteiger partial charge in [0.05, 0.1) is 13.2 Å². The number of hydrogen-bond acceptors (Lipinski definition) is 2. The Balaban J connectivity index is 0.940. The fourth-order valence-electron chi connectivity index (χ4n) is 4.50. The first-order valence-corrected chi connectivity index (χ1v) is 13.9. The van der Waals surface area contributed by atoms with E-state index in [0.717, 1.165) is 37.6 Å². The van der Waals surface area contributed by atoms with E-state index in [9.17, 15) is 0 Å². The molecule has 192 valence electrons. The zero-order valence-electron chi connectivity index (χ0n) is 22.0. The van der Waals surface area contributed by atoms with Crippen LogP contribution in [-0.4, -0.2) is 13.2 Å². The van der Waals surface area contributed by atoms with Crippen LogP contribution in [0.2, 0.25) is 0 Å². The fraction of sp³-hybridized carbons (Fsp3) is 0.314. The van der Waals surface area contributed by atoms with Crippen molar-refractivity contribution < 1.29 is 9.47 Å². The molecule has 0 fully saturated rings. The van der Waals surface area contributed by atoms with Crippen molar-refractivity contribution in [3.63, 3.8) is 0 Å². The summed E-state index contributed by atoms with van der Waals surface area (Å²) < 4.78 is 11.8. The topological polar surface area (TPSA) is 18.5 Å². The van der Waals surface area contributed by atoms with Gasteiger partial charge in [-0.25, -0.2) is 0 Å². The Morgan fingerprint density at radius 1 is 0.405 bits per heavy atom. The molecule has 0 aliphatic heterocycles. The van der Waals surface area contributed by atoms with Gasteiger partial charge in [-0.1, -0.05) is 118 Å². The summed E-state index contributed by atoms with van der Waals surface area (Å²) in [5.74, 6) is 1.93. The van der Waals surface area contributed by atoms with Crippen molar-refractivity contribution in [2.24, 2.45) is 0 Å². The third-order valence-corrected chi connectivity index (χ3v) is 6.63. The molecule has 2 aliphatic carbocycles. The highest BCUT2D eigenvalue weighted by Gasteiger charge is 1.99. The molecule has 2 aromatic rings. The predicted octanol–water partition coefficient (Wildman–Crippen LogP) is 9.67. The second-order valence-corrected chi connectivity index (χ2v) is 9.74. The van der Waals surface area contributed by atoms with E-state index in [0.29, 0.717) is 0 Å². The molecule has 0 saturated heterocycles. The highest BCUT2D eigenvalue weighted by Crippen LogP contribution is 2.19. The number of hydrogen-bond donors (Lipinski definition) is 0. The van der Waals surface area contributed by atoms with Gasteiger partial charge in [-0.2, -0.15) is 0 Å². The summed E-state index contributed by atoms with van der Waals surface area (Å²) in [6.45, 7) is 1.61. The van der Waals surface area contributed by atoms with Crippen LogP contribution >= 0.6 is 0 Å². The first kappa shape index (κ1) is 26.5. The second kappa shape index (κ2) is 15.6. The number of unbranched alkanes of at least 4 members (excludes halogenated alkanes) is 8. The largest absolute Gasteiger partial charge is 0.494 e. The Kier molecular flexibility index (Phi) is 11.2. The summed E-state index contributed by atoms with van der Waals surface area (Å²) in [5, 5.41) is 0. The lowest BCUT2D eigenvalue weighted by atomic mass is 10.1. The second-order valence-electron chi connectivity index (χ2n) is 9.74. The van der Waals surface area contributed by atoms with Crippen molar-refractivity contribution in [2.75, 3.05) is 13.2 Å². The summed E-state index contributed by atoms with van der Waals surface area (Å²) in [5.41, 5.74) is 4.90. The van der Waals surface area contributed by atoms with Gasteiger partial charge in [-0.15, -0.1) is 0 Å². The Morgan fingerprint density at radius 2 is 0.730 bits per heavy atom. The molecule has 0 aromatic heterocycles. The van der Waals surface area contributed by atoms with Crippen LogP contribution in [-0.2, 0) is 0 Å². The van der Waals surface area contributed by atoms with Crippen LogP contribution in [0.4, 0.5) is 0 Å². The van der Waals surface area contributed by atoms with Crippen molar-refractivity contribution >= 4 is 12.2 Å². The average Bonchev–Trinajstić information content (AvgIpc) is 3.63. The molecule has 0 bridgehead atoms. The molecule has 0 heterocycles. The number of allylic oxidation sites excluding steroid dienone is 10. The van der Waals surface area contributed by atoms with Crippen LogP contribution < -0.4 is 9.47 Å². The van der Waals surface area contributed by atoms with E-state index in [1.165, 1.54) is 67.2 Å². The zero-order valence-corrected chi connectivity index (χ0v) is 22.0. The molecule has 0 atom stereocenters. The van der Waals surface area contributed by atoms with E-state index in [2.05, 4.69) is 109 Å². The van der Waals surface area contributed by atoms with Gasteiger partial charge in [0.25, 0.3) is 0 Å². The number of benzene rings is 2. The van der Waals surface area contributed by atoms with Gasteiger partial charge in [0.2, 0.25) is 0 Å². The van der Waals surface area contributed by atoms with Crippen LogP contribution in [0.25, 0.3) is 12.2 Å². The summed E-state index contributed by atoms with van der Waals surface area (Å²) in [4.78, 5) is 0. The maximum absolute atomic E-state index is 5.91. The zero-order chi connectivity index (χ0) is 25.4. The van der Waals surface area contributed by atoms with E-state index < -0.39 is 0 Å². The van der Waals surface area contributed by atoms with Crippen LogP contribution in [0.3, 0.4) is 0 Å². The summed E-state index contributed by atoms with van der Waals surface area (Å²) >= 11 is 0. The quantitative estimate of drug-likeness (QED) is 0.217. The molecule has 37 heavy (non-hydrogen) atoms. The lowest BCUT2D eigenvalue weighted by Gasteiger charge is -2.07. The van der Waals surface area contributed by atoms with Crippen molar-refractivity contribution in [1.82, 2.24) is 0 Å². The normalized spacial score (nSPS) is 13.5. The predicted molar refractivity (Wildman–Crippen MR) is 158 cm³/mol. The Bertz CT molecular complexity index is 1010. The molecular formula is C35H40O2.